The molecule has 0 bridgehead atoms. The van der Waals surface area contributed by atoms with Crippen molar-refractivity contribution in [1.29, 1.82) is 0 Å². The normalized spacial score (nSPS) is 16.1. The van der Waals surface area contributed by atoms with E-state index in [1.54, 1.807) is 6.08 Å². The van der Waals surface area contributed by atoms with Gasteiger partial charge in [0.2, 0.25) is 5.91 Å². The number of hydrogen-bond acceptors (Lipinski definition) is 4. The number of amides is 1. The molecule has 1 heterocycles. The van der Waals surface area contributed by atoms with Crippen LogP contribution in [0.15, 0.2) is 87.8 Å². The lowest BCUT2D eigenvalue weighted by atomic mass is 9.92. The molecule has 4 rings (SSSR count). The first kappa shape index (κ1) is 22.3. The van der Waals surface area contributed by atoms with Crippen molar-refractivity contribution in [1.82, 2.24) is 0 Å². The summed E-state index contributed by atoms with van der Waals surface area (Å²) in [7, 11) is 0. The fourth-order valence-corrected chi connectivity index (χ4v) is 5.02. The summed E-state index contributed by atoms with van der Waals surface area (Å²) in [6.45, 7) is 0.195. The van der Waals surface area contributed by atoms with Gasteiger partial charge in [-0.15, -0.1) is 0 Å². The Labute approximate surface area is 203 Å². The second-order valence-corrected chi connectivity index (χ2v) is 9.10. The van der Waals surface area contributed by atoms with Gasteiger partial charge in [0, 0.05) is 38.4 Å². The molecule has 7 heteroatoms. The summed E-state index contributed by atoms with van der Waals surface area (Å²) >= 11 is 7.08. The third-order valence-electron chi connectivity index (χ3n) is 4.98. The number of halogens is 2. The largest absolute Gasteiger partial charge is 0.459 e. The molecule has 0 saturated heterocycles. The molecule has 1 unspecified atom stereocenters. The van der Waals surface area contributed by atoms with Crippen LogP contribution < -0.4 is 10.6 Å². The number of carbonyl (C=O) groups excluding carboxylic acids is 2. The van der Waals surface area contributed by atoms with E-state index in [2.05, 4.69) is 42.5 Å². The lowest BCUT2D eigenvalue weighted by Gasteiger charge is -2.29. The molecule has 0 aliphatic carbocycles. The zero-order valence-corrected chi connectivity index (χ0v) is 20.1. The number of nitrogens with one attached hydrogen (secondary N) is 2. The molecule has 3 aromatic carbocycles. The summed E-state index contributed by atoms with van der Waals surface area (Å²) in [4.78, 5) is 25.5. The maximum Gasteiger partial charge on any atom is 0.329 e. The van der Waals surface area contributed by atoms with Crippen LogP contribution in [0.3, 0.4) is 0 Å². The molecule has 0 aromatic heterocycles. The highest BCUT2D eigenvalue weighted by atomic mass is 79.9. The summed E-state index contributed by atoms with van der Waals surface area (Å²) in [5, 5.41) is 6.13. The Morgan fingerprint density at radius 2 is 1.72 bits per heavy atom. The molecular weight excluding hydrogens is 536 g/mol. The monoisotopic (exact) mass is 554 g/mol. The summed E-state index contributed by atoms with van der Waals surface area (Å²) in [5.74, 6) is -0.629. The van der Waals surface area contributed by atoms with E-state index in [0.717, 1.165) is 31.3 Å². The van der Waals surface area contributed by atoms with Crippen molar-refractivity contribution in [2.45, 2.75) is 19.1 Å². The standard InChI is InChI=1S/C25H20Br2N2O3/c26-18-13-20(27)24-17(12-23(30)28-19-9-5-2-6-10-19)11-22(29-21(24)14-18)25(31)32-15-16-7-3-1-4-8-16/h1-10,12-14,22,29H,11,15H2,(H,28,30)/b17-12+. The zero-order valence-electron chi connectivity index (χ0n) is 17.0. The molecule has 0 radical (unpaired) electrons. The van der Waals surface area contributed by atoms with Crippen molar-refractivity contribution in [3.63, 3.8) is 0 Å². The van der Waals surface area contributed by atoms with E-state index in [-0.39, 0.29) is 18.5 Å². The van der Waals surface area contributed by atoms with Crippen LogP contribution in [0.2, 0.25) is 0 Å². The van der Waals surface area contributed by atoms with Crippen LogP contribution in [-0.2, 0) is 20.9 Å². The van der Waals surface area contributed by atoms with E-state index in [1.165, 1.54) is 0 Å². The minimum atomic E-state index is -0.608. The van der Waals surface area contributed by atoms with Gasteiger partial charge in [0.1, 0.15) is 12.6 Å². The van der Waals surface area contributed by atoms with Gasteiger partial charge in [0.05, 0.1) is 0 Å². The van der Waals surface area contributed by atoms with E-state index >= 15 is 0 Å². The van der Waals surface area contributed by atoms with E-state index < -0.39 is 6.04 Å². The smallest absolute Gasteiger partial charge is 0.329 e. The van der Waals surface area contributed by atoms with Gasteiger partial charge in [-0.2, -0.15) is 0 Å². The average molecular weight is 556 g/mol. The lowest BCUT2D eigenvalue weighted by molar-refractivity contribution is -0.145. The Kier molecular flexibility index (Phi) is 7.07. The molecule has 0 spiro atoms. The average Bonchev–Trinajstić information content (AvgIpc) is 2.78. The van der Waals surface area contributed by atoms with Gasteiger partial charge in [-0.1, -0.05) is 80.4 Å². The van der Waals surface area contributed by atoms with Gasteiger partial charge in [0.25, 0.3) is 0 Å². The second kappa shape index (κ2) is 10.1. The summed E-state index contributed by atoms with van der Waals surface area (Å²) in [5.41, 5.74) is 3.97. The molecular formula is C25H20Br2N2O3. The molecule has 32 heavy (non-hydrogen) atoms. The maximum atomic E-state index is 12.8. The number of benzene rings is 3. The van der Waals surface area contributed by atoms with Crippen molar-refractivity contribution in [3.05, 3.63) is 98.9 Å². The first-order valence-corrected chi connectivity index (χ1v) is 11.6. The molecule has 0 fully saturated rings. The van der Waals surface area contributed by atoms with Crippen LogP contribution in [0.1, 0.15) is 17.5 Å². The van der Waals surface area contributed by atoms with E-state index in [9.17, 15) is 9.59 Å². The fraction of sp³-hybridized carbons (Fsp3) is 0.120. The third-order valence-corrected chi connectivity index (χ3v) is 6.07. The highest BCUT2D eigenvalue weighted by Crippen LogP contribution is 2.41. The molecule has 0 saturated carbocycles. The molecule has 1 amide bonds. The quantitative estimate of drug-likeness (QED) is 0.292. The molecule has 162 valence electrons. The molecule has 2 N–H and O–H groups in total. The number of hydrogen-bond donors (Lipinski definition) is 2. The molecule has 5 nitrogen and oxygen atoms in total. The predicted molar refractivity (Wildman–Crippen MR) is 133 cm³/mol. The molecule has 3 aromatic rings. The van der Waals surface area contributed by atoms with Crippen molar-refractivity contribution in [3.8, 4) is 0 Å². The van der Waals surface area contributed by atoms with Crippen molar-refractivity contribution in [2.24, 2.45) is 0 Å². The Morgan fingerprint density at radius 1 is 1.03 bits per heavy atom. The number of carbonyl (C=O) groups is 2. The van der Waals surface area contributed by atoms with Gasteiger partial charge < -0.3 is 15.4 Å². The van der Waals surface area contributed by atoms with Crippen molar-refractivity contribution >= 4 is 60.7 Å². The number of para-hydroxylation sites is 1. The van der Waals surface area contributed by atoms with Crippen LogP contribution >= 0.6 is 31.9 Å². The Morgan fingerprint density at radius 3 is 2.44 bits per heavy atom. The minimum absolute atomic E-state index is 0.195. The first-order valence-electron chi connectivity index (χ1n) is 10.0. The van der Waals surface area contributed by atoms with Crippen LogP contribution in [0.25, 0.3) is 5.57 Å². The number of anilines is 2. The zero-order chi connectivity index (χ0) is 22.5. The summed E-state index contributed by atoms with van der Waals surface area (Å²) in [6.07, 6.45) is 1.87. The lowest BCUT2D eigenvalue weighted by Crippen LogP contribution is -2.35. The molecule has 1 atom stereocenters. The van der Waals surface area contributed by atoms with Gasteiger partial charge in [-0.25, -0.2) is 4.79 Å². The topological polar surface area (TPSA) is 67.4 Å². The van der Waals surface area contributed by atoms with Crippen LogP contribution in [0.4, 0.5) is 11.4 Å². The van der Waals surface area contributed by atoms with E-state index in [4.69, 9.17) is 4.74 Å². The SMILES string of the molecule is O=C(/C=C1\CC(C(=O)OCc2ccccc2)Nc2cc(Br)cc(Br)c21)Nc1ccccc1. The second-order valence-electron chi connectivity index (χ2n) is 7.33. The Balaban J connectivity index is 1.57. The van der Waals surface area contributed by atoms with Crippen molar-refractivity contribution in [2.75, 3.05) is 10.6 Å². The number of esters is 1. The maximum absolute atomic E-state index is 12.8. The summed E-state index contributed by atoms with van der Waals surface area (Å²) in [6, 6.07) is 22.0. The van der Waals surface area contributed by atoms with Gasteiger partial charge in [-0.05, 0) is 35.4 Å². The summed E-state index contributed by atoms with van der Waals surface area (Å²) < 4.78 is 7.21. The highest BCUT2D eigenvalue weighted by molar-refractivity contribution is 9.11. The molecule has 1 aliphatic heterocycles. The van der Waals surface area contributed by atoms with Gasteiger partial charge >= 0.3 is 5.97 Å². The first-order chi connectivity index (χ1) is 15.5. The van der Waals surface area contributed by atoms with Crippen LogP contribution in [0.5, 0.6) is 0 Å². The Bertz CT molecular complexity index is 1160. The highest BCUT2D eigenvalue weighted by Gasteiger charge is 2.30. The molecule has 1 aliphatic rings. The van der Waals surface area contributed by atoms with Crippen molar-refractivity contribution < 1.29 is 14.3 Å². The number of rotatable bonds is 5. The minimum Gasteiger partial charge on any atom is -0.459 e. The van der Waals surface area contributed by atoms with Gasteiger partial charge in [0.15, 0.2) is 0 Å². The predicted octanol–water partition coefficient (Wildman–Crippen LogP) is 6.16. The van der Waals surface area contributed by atoms with Gasteiger partial charge in [-0.3, -0.25) is 4.79 Å². The van der Waals surface area contributed by atoms with E-state index in [0.29, 0.717) is 12.1 Å². The number of ether oxygens (including phenoxy) is 1. The van der Waals surface area contributed by atoms with E-state index in [1.807, 2.05) is 72.8 Å². The fourth-order valence-electron chi connectivity index (χ4n) is 3.54. The third kappa shape index (κ3) is 5.47. The van der Waals surface area contributed by atoms with Crippen LogP contribution in [0, 0.1) is 0 Å². The number of fused-ring (bicyclic) bond motifs is 1. The van der Waals surface area contributed by atoms with Crippen LogP contribution in [-0.4, -0.2) is 17.9 Å². The Hall–Kier alpha value is -2.90.